The van der Waals surface area contributed by atoms with Gasteiger partial charge in [-0.15, -0.1) is 0 Å². The fraction of sp³-hybridized carbons (Fsp3) is 0.522. The van der Waals surface area contributed by atoms with Gasteiger partial charge in [-0.05, 0) is 70.4 Å². The van der Waals surface area contributed by atoms with E-state index in [1.165, 1.54) is 24.3 Å². The first-order valence-corrected chi connectivity index (χ1v) is 11.0. The Morgan fingerprint density at radius 1 is 1.30 bits per heavy atom. The van der Waals surface area contributed by atoms with Gasteiger partial charge in [0.05, 0.1) is 28.9 Å². The molecule has 0 atom stereocenters. The maximum atomic E-state index is 12.6. The number of hydrogen-bond donors (Lipinski definition) is 2. The Morgan fingerprint density at radius 3 is 2.58 bits per heavy atom. The number of aromatic nitrogens is 1. The Morgan fingerprint density at radius 2 is 2.00 bits per heavy atom. The van der Waals surface area contributed by atoms with Gasteiger partial charge in [0, 0.05) is 19.8 Å². The molecule has 0 saturated heterocycles. The number of nitrogens with two attached hydrogens (primary N) is 2. The summed E-state index contributed by atoms with van der Waals surface area (Å²) in [5, 5.41) is 1.42. The van der Waals surface area contributed by atoms with Crippen molar-refractivity contribution in [1.29, 1.82) is 0 Å². The van der Waals surface area contributed by atoms with Crippen molar-refractivity contribution in [1.82, 2.24) is 9.99 Å². The van der Waals surface area contributed by atoms with Crippen molar-refractivity contribution in [2.45, 2.75) is 64.1 Å². The number of alkyl halides is 3. The Hall–Kier alpha value is -2.88. The van der Waals surface area contributed by atoms with Gasteiger partial charge in [0.1, 0.15) is 11.4 Å². The van der Waals surface area contributed by atoms with Crippen LogP contribution in [0, 0.1) is 6.92 Å². The number of hydrazine groups is 1. The van der Waals surface area contributed by atoms with E-state index in [4.69, 9.17) is 16.3 Å². The van der Waals surface area contributed by atoms with E-state index in [-0.39, 0.29) is 6.10 Å². The van der Waals surface area contributed by atoms with Gasteiger partial charge in [-0.25, -0.2) is 10.8 Å². The zero-order valence-electron chi connectivity index (χ0n) is 19.2. The van der Waals surface area contributed by atoms with E-state index in [0.717, 1.165) is 36.6 Å². The van der Waals surface area contributed by atoms with Crippen molar-refractivity contribution < 1.29 is 17.9 Å². The summed E-state index contributed by atoms with van der Waals surface area (Å²) in [4.78, 5) is 11.5. The number of aryl methyl sites for hydroxylation is 1. The first kappa shape index (κ1) is 26.4. The van der Waals surface area contributed by atoms with Crippen LogP contribution in [0.3, 0.4) is 0 Å². The predicted octanol–water partition coefficient (Wildman–Crippen LogP) is 4.53. The van der Waals surface area contributed by atoms with Crippen LogP contribution in [0.15, 0.2) is 39.6 Å². The SMILES string of the molecule is C=N/C(=C\C=NCCC/C(=C(/N)c1ccc(OC2CCCCC2)c(C)n1)N(C)N)C(F)(F)F. The highest BCUT2D eigenvalue weighted by molar-refractivity contribution is 5.72. The van der Waals surface area contributed by atoms with Gasteiger partial charge in [-0.2, -0.15) is 13.2 Å². The molecule has 0 radical (unpaired) electrons. The molecule has 2 rings (SSSR count). The molecule has 1 aliphatic rings. The maximum absolute atomic E-state index is 12.6. The molecular formula is C23H33F3N6O. The summed E-state index contributed by atoms with van der Waals surface area (Å²) in [6.45, 7) is 5.10. The standard InChI is InChI=1S/C23H33F3N6O/c1-16-20(33-17-8-5-4-6-9-17)12-11-18(31-16)22(27)19(32(3)28)10-7-14-30-15-13-21(29-2)23(24,25)26/h11-13,15,17H,2,4-10,14,27-28H2,1,3H3/b21-13-,22-19-,30-15?. The number of rotatable bonds is 10. The zero-order valence-corrected chi connectivity index (χ0v) is 19.2. The van der Waals surface area contributed by atoms with Crippen LogP contribution >= 0.6 is 0 Å². The number of hydrogen-bond acceptors (Lipinski definition) is 7. The Balaban J connectivity index is 2.02. The molecule has 0 unspecified atom stereocenters. The van der Waals surface area contributed by atoms with Crippen LogP contribution in [0.2, 0.25) is 0 Å². The van der Waals surface area contributed by atoms with Crippen LogP contribution in [-0.2, 0) is 0 Å². The number of halogens is 3. The lowest BCUT2D eigenvalue weighted by Gasteiger charge is -2.24. The molecule has 10 heteroatoms. The normalized spacial score (nSPS) is 16.6. The third kappa shape index (κ3) is 8.20. The summed E-state index contributed by atoms with van der Waals surface area (Å²) in [5.74, 6) is 6.72. The molecule has 4 N–H and O–H groups in total. The van der Waals surface area contributed by atoms with E-state index < -0.39 is 11.9 Å². The Kier molecular flexibility index (Phi) is 9.90. The Bertz CT molecular complexity index is 887. The summed E-state index contributed by atoms with van der Waals surface area (Å²) in [5.41, 5.74) is 7.71. The van der Waals surface area contributed by atoms with Gasteiger partial charge in [0.15, 0.2) is 0 Å². The molecule has 1 aromatic rings. The van der Waals surface area contributed by atoms with Crippen molar-refractivity contribution in [2.24, 2.45) is 21.6 Å². The molecule has 7 nitrogen and oxygen atoms in total. The molecular weight excluding hydrogens is 433 g/mol. The molecule has 0 spiro atoms. The van der Waals surface area contributed by atoms with Gasteiger partial charge >= 0.3 is 6.18 Å². The monoisotopic (exact) mass is 466 g/mol. The second-order valence-electron chi connectivity index (χ2n) is 8.00. The highest BCUT2D eigenvalue weighted by atomic mass is 19.4. The van der Waals surface area contributed by atoms with Crippen LogP contribution in [0.4, 0.5) is 13.2 Å². The topological polar surface area (TPSA) is 102 Å². The highest BCUT2D eigenvalue weighted by Crippen LogP contribution is 2.27. The Labute approximate surface area is 193 Å². The summed E-state index contributed by atoms with van der Waals surface area (Å²) in [6.07, 6.45) is 4.31. The number of aliphatic imine (C=N–C) groups is 2. The average molecular weight is 467 g/mol. The van der Waals surface area contributed by atoms with E-state index in [9.17, 15) is 13.2 Å². The molecule has 1 aliphatic carbocycles. The van der Waals surface area contributed by atoms with Crippen molar-refractivity contribution in [3.63, 3.8) is 0 Å². The van der Waals surface area contributed by atoms with Crippen LogP contribution in [0.25, 0.3) is 5.70 Å². The lowest BCUT2D eigenvalue weighted by molar-refractivity contribution is -0.0920. The highest BCUT2D eigenvalue weighted by Gasteiger charge is 2.32. The van der Waals surface area contributed by atoms with Gasteiger partial charge < -0.3 is 15.5 Å². The third-order valence-corrected chi connectivity index (χ3v) is 5.40. The minimum atomic E-state index is -4.55. The molecule has 1 fully saturated rings. The molecule has 0 amide bonds. The van der Waals surface area contributed by atoms with Gasteiger partial charge in [0.25, 0.3) is 0 Å². The minimum absolute atomic E-state index is 0.230. The van der Waals surface area contributed by atoms with Crippen LogP contribution in [0.5, 0.6) is 5.75 Å². The lowest BCUT2D eigenvalue weighted by Crippen LogP contribution is -2.28. The first-order chi connectivity index (χ1) is 15.6. The van der Waals surface area contributed by atoms with E-state index in [2.05, 4.69) is 21.7 Å². The molecule has 1 saturated carbocycles. The zero-order chi connectivity index (χ0) is 24.4. The molecule has 1 heterocycles. The second-order valence-corrected chi connectivity index (χ2v) is 8.00. The van der Waals surface area contributed by atoms with Crippen molar-refractivity contribution in [2.75, 3.05) is 13.6 Å². The smallest absolute Gasteiger partial charge is 0.433 e. The van der Waals surface area contributed by atoms with Crippen LogP contribution in [0.1, 0.15) is 56.3 Å². The molecule has 1 aromatic heterocycles. The fourth-order valence-electron chi connectivity index (χ4n) is 3.61. The quantitative estimate of drug-likeness (QED) is 0.228. The van der Waals surface area contributed by atoms with Crippen molar-refractivity contribution in [3.8, 4) is 5.75 Å². The number of pyridine rings is 1. The van der Waals surface area contributed by atoms with Gasteiger partial charge in [-0.3, -0.25) is 9.98 Å². The number of allylic oxidation sites excluding steroid dienone is 3. The molecule has 0 aliphatic heterocycles. The van der Waals surface area contributed by atoms with Crippen molar-refractivity contribution >= 4 is 18.6 Å². The summed E-state index contributed by atoms with van der Waals surface area (Å²) in [6, 6.07) is 3.70. The van der Waals surface area contributed by atoms with E-state index in [0.29, 0.717) is 36.5 Å². The summed E-state index contributed by atoms with van der Waals surface area (Å²) < 4.78 is 43.9. The van der Waals surface area contributed by atoms with Gasteiger partial charge in [-0.1, -0.05) is 6.42 Å². The third-order valence-electron chi connectivity index (χ3n) is 5.40. The first-order valence-electron chi connectivity index (χ1n) is 11.0. The molecule has 0 aromatic carbocycles. The van der Waals surface area contributed by atoms with Crippen LogP contribution < -0.4 is 16.3 Å². The second kappa shape index (κ2) is 12.4. The van der Waals surface area contributed by atoms with E-state index >= 15 is 0 Å². The minimum Gasteiger partial charge on any atom is -0.489 e. The van der Waals surface area contributed by atoms with E-state index in [1.807, 2.05) is 19.1 Å². The summed E-state index contributed by atoms with van der Waals surface area (Å²) in [7, 11) is 1.67. The lowest BCUT2D eigenvalue weighted by atomic mass is 9.98. The maximum Gasteiger partial charge on any atom is 0.433 e. The molecule has 33 heavy (non-hydrogen) atoms. The number of nitrogens with zero attached hydrogens (tertiary/aromatic N) is 4. The predicted molar refractivity (Wildman–Crippen MR) is 126 cm³/mol. The van der Waals surface area contributed by atoms with Gasteiger partial charge in [0.2, 0.25) is 0 Å². The number of ether oxygens (including phenoxy) is 1. The fourth-order valence-corrected chi connectivity index (χ4v) is 3.61. The largest absolute Gasteiger partial charge is 0.489 e. The molecule has 0 bridgehead atoms. The molecule has 182 valence electrons. The summed E-state index contributed by atoms with van der Waals surface area (Å²) >= 11 is 0. The van der Waals surface area contributed by atoms with Crippen LogP contribution in [-0.4, -0.2) is 48.8 Å². The van der Waals surface area contributed by atoms with Crippen molar-refractivity contribution in [3.05, 3.63) is 41.0 Å². The van der Waals surface area contributed by atoms with E-state index in [1.54, 1.807) is 7.05 Å². The average Bonchev–Trinajstić information content (AvgIpc) is 2.76.